The van der Waals surface area contributed by atoms with Crippen molar-refractivity contribution in [3.63, 3.8) is 0 Å². The van der Waals surface area contributed by atoms with Gasteiger partial charge in [0.2, 0.25) is 0 Å². The molecule has 1 aliphatic carbocycles. The number of anilines is 1. The molecule has 1 unspecified atom stereocenters. The van der Waals surface area contributed by atoms with E-state index in [1.165, 1.54) is 7.11 Å². The van der Waals surface area contributed by atoms with Crippen LogP contribution in [0.4, 0.5) is 5.69 Å². The first-order valence-corrected chi connectivity index (χ1v) is 7.78. The summed E-state index contributed by atoms with van der Waals surface area (Å²) in [5.74, 6) is -0.162. The second-order valence-electron chi connectivity index (χ2n) is 6.40. The van der Waals surface area contributed by atoms with Crippen LogP contribution in [0.15, 0.2) is 28.7 Å². The standard InChI is InChI=1S/C16H22BrNO2/c1-15(2)8-5-9-16(11-15,14(19)20-3)18-13-7-4-6-12(17)10-13/h4,6-7,10,18H,5,8-9,11H2,1-3H3. The number of nitrogens with one attached hydrogen (secondary N) is 1. The van der Waals surface area contributed by atoms with Gasteiger partial charge in [-0.3, -0.25) is 0 Å². The van der Waals surface area contributed by atoms with Gasteiger partial charge in [-0.25, -0.2) is 4.79 Å². The maximum absolute atomic E-state index is 12.4. The highest BCUT2D eigenvalue weighted by Crippen LogP contribution is 2.43. The Kier molecular flexibility index (Phi) is 4.43. The smallest absolute Gasteiger partial charge is 0.331 e. The van der Waals surface area contributed by atoms with E-state index in [1.54, 1.807) is 0 Å². The van der Waals surface area contributed by atoms with Crippen LogP contribution in [0.25, 0.3) is 0 Å². The van der Waals surface area contributed by atoms with E-state index in [4.69, 9.17) is 4.74 Å². The molecule has 20 heavy (non-hydrogen) atoms. The van der Waals surface area contributed by atoms with E-state index >= 15 is 0 Å². The third-order valence-electron chi connectivity index (χ3n) is 4.02. The van der Waals surface area contributed by atoms with Crippen LogP contribution < -0.4 is 5.32 Å². The molecule has 0 heterocycles. The van der Waals surface area contributed by atoms with E-state index in [-0.39, 0.29) is 11.4 Å². The second kappa shape index (κ2) is 5.76. The summed E-state index contributed by atoms with van der Waals surface area (Å²) >= 11 is 3.46. The Bertz CT molecular complexity index is 501. The number of esters is 1. The lowest BCUT2D eigenvalue weighted by Gasteiger charge is -2.43. The molecule has 1 atom stereocenters. The van der Waals surface area contributed by atoms with E-state index in [9.17, 15) is 4.79 Å². The topological polar surface area (TPSA) is 38.3 Å². The number of carbonyl (C=O) groups excluding carboxylic acids is 1. The molecule has 1 fully saturated rings. The van der Waals surface area contributed by atoms with Gasteiger partial charge < -0.3 is 10.1 Å². The van der Waals surface area contributed by atoms with Crippen LogP contribution >= 0.6 is 15.9 Å². The van der Waals surface area contributed by atoms with Gasteiger partial charge in [0.1, 0.15) is 5.54 Å². The van der Waals surface area contributed by atoms with Gasteiger partial charge >= 0.3 is 5.97 Å². The van der Waals surface area contributed by atoms with Crippen molar-refractivity contribution in [3.05, 3.63) is 28.7 Å². The number of ether oxygens (including phenoxy) is 1. The van der Waals surface area contributed by atoms with Crippen molar-refractivity contribution in [1.82, 2.24) is 0 Å². The van der Waals surface area contributed by atoms with Crippen molar-refractivity contribution in [2.75, 3.05) is 12.4 Å². The Morgan fingerprint density at radius 3 is 2.70 bits per heavy atom. The molecular weight excluding hydrogens is 318 g/mol. The maximum Gasteiger partial charge on any atom is 0.331 e. The van der Waals surface area contributed by atoms with Gasteiger partial charge in [0.25, 0.3) is 0 Å². The first-order valence-electron chi connectivity index (χ1n) is 6.99. The molecule has 0 saturated heterocycles. The van der Waals surface area contributed by atoms with Crippen LogP contribution in [0.2, 0.25) is 0 Å². The Morgan fingerprint density at radius 1 is 1.35 bits per heavy atom. The minimum atomic E-state index is -0.614. The van der Waals surface area contributed by atoms with Gasteiger partial charge in [0.15, 0.2) is 0 Å². The predicted octanol–water partition coefficient (Wildman–Crippen LogP) is 4.37. The fourth-order valence-electron chi connectivity index (χ4n) is 3.23. The number of hydrogen-bond donors (Lipinski definition) is 1. The molecule has 110 valence electrons. The van der Waals surface area contributed by atoms with Crippen LogP contribution in [-0.4, -0.2) is 18.6 Å². The summed E-state index contributed by atoms with van der Waals surface area (Å²) in [7, 11) is 1.47. The fourth-order valence-corrected chi connectivity index (χ4v) is 3.63. The zero-order valence-electron chi connectivity index (χ0n) is 12.3. The minimum absolute atomic E-state index is 0.144. The molecule has 0 bridgehead atoms. The van der Waals surface area contributed by atoms with Gasteiger partial charge in [0, 0.05) is 10.2 Å². The largest absolute Gasteiger partial charge is 0.467 e. The molecule has 1 aromatic rings. The average molecular weight is 340 g/mol. The molecule has 2 rings (SSSR count). The summed E-state index contributed by atoms with van der Waals surface area (Å²) in [4.78, 5) is 12.4. The fraction of sp³-hybridized carbons (Fsp3) is 0.562. The third kappa shape index (κ3) is 3.35. The molecule has 1 aliphatic rings. The number of carbonyl (C=O) groups is 1. The van der Waals surface area contributed by atoms with Gasteiger partial charge in [-0.05, 0) is 49.3 Å². The second-order valence-corrected chi connectivity index (χ2v) is 7.32. The molecule has 0 aliphatic heterocycles. The molecule has 0 radical (unpaired) electrons. The SMILES string of the molecule is COC(=O)C1(Nc2cccc(Br)c2)CCCC(C)(C)C1. The van der Waals surface area contributed by atoms with Crippen LogP contribution in [0, 0.1) is 5.41 Å². The minimum Gasteiger partial charge on any atom is -0.467 e. The van der Waals surface area contributed by atoms with Crippen molar-refractivity contribution in [1.29, 1.82) is 0 Å². The van der Waals surface area contributed by atoms with E-state index in [1.807, 2.05) is 24.3 Å². The van der Waals surface area contributed by atoms with E-state index in [2.05, 4.69) is 35.1 Å². The number of halogens is 1. The van der Waals surface area contributed by atoms with E-state index in [0.717, 1.165) is 35.8 Å². The highest BCUT2D eigenvalue weighted by molar-refractivity contribution is 9.10. The lowest BCUT2D eigenvalue weighted by molar-refractivity contribution is -0.148. The molecular formula is C16H22BrNO2. The van der Waals surface area contributed by atoms with Crippen molar-refractivity contribution < 1.29 is 9.53 Å². The summed E-state index contributed by atoms with van der Waals surface area (Å²) in [5, 5.41) is 3.44. The summed E-state index contributed by atoms with van der Waals surface area (Å²) in [6, 6.07) is 7.91. The number of hydrogen-bond acceptors (Lipinski definition) is 3. The lowest BCUT2D eigenvalue weighted by atomic mass is 9.68. The van der Waals surface area contributed by atoms with E-state index < -0.39 is 5.54 Å². The first-order chi connectivity index (χ1) is 9.37. The van der Waals surface area contributed by atoms with Crippen molar-refractivity contribution >= 4 is 27.6 Å². The van der Waals surface area contributed by atoms with Crippen molar-refractivity contribution in [2.45, 2.75) is 45.1 Å². The summed E-state index contributed by atoms with van der Waals surface area (Å²) in [6.45, 7) is 4.43. The summed E-state index contributed by atoms with van der Waals surface area (Å²) in [6.07, 6.45) is 3.78. The highest BCUT2D eigenvalue weighted by atomic mass is 79.9. The molecule has 0 amide bonds. The van der Waals surface area contributed by atoms with Crippen LogP contribution in [0.3, 0.4) is 0 Å². The van der Waals surface area contributed by atoms with Gasteiger partial charge in [-0.2, -0.15) is 0 Å². The predicted molar refractivity (Wildman–Crippen MR) is 84.8 cm³/mol. The van der Waals surface area contributed by atoms with Crippen molar-refractivity contribution in [2.24, 2.45) is 5.41 Å². The maximum atomic E-state index is 12.4. The Morgan fingerprint density at radius 2 is 2.10 bits per heavy atom. The zero-order valence-corrected chi connectivity index (χ0v) is 13.9. The molecule has 3 nitrogen and oxygen atoms in total. The number of rotatable bonds is 3. The average Bonchev–Trinajstić information content (AvgIpc) is 2.36. The van der Waals surface area contributed by atoms with Crippen molar-refractivity contribution in [3.8, 4) is 0 Å². The quantitative estimate of drug-likeness (QED) is 0.830. The van der Waals surface area contributed by atoms with Gasteiger partial charge in [0.05, 0.1) is 7.11 Å². The normalized spacial score (nSPS) is 25.0. The summed E-state index contributed by atoms with van der Waals surface area (Å²) < 4.78 is 6.07. The van der Waals surface area contributed by atoms with E-state index in [0.29, 0.717) is 0 Å². The highest BCUT2D eigenvalue weighted by Gasteiger charge is 2.46. The zero-order chi connectivity index (χ0) is 14.8. The van der Waals surface area contributed by atoms with Crippen LogP contribution in [0.1, 0.15) is 39.5 Å². The molecule has 1 N–H and O–H groups in total. The van der Waals surface area contributed by atoms with Gasteiger partial charge in [-0.1, -0.05) is 35.8 Å². The van der Waals surface area contributed by atoms with Gasteiger partial charge in [-0.15, -0.1) is 0 Å². The third-order valence-corrected chi connectivity index (χ3v) is 4.52. The monoisotopic (exact) mass is 339 g/mol. The Labute approximate surface area is 129 Å². The number of benzene rings is 1. The van der Waals surface area contributed by atoms with Crippen LogP contribution in [-0.2, 0) is 9.53 Å². The lowest BCUT2D eigenvalue weighted by Crippen LogP contribution is -2.52. The molecule has 1 saturated carbocycles. The summed E-state index contributed by atoms with van der Waals surface area (Å²) in [5.41, 5.74) is 0.477. The first kappa shape index (κ1) is 15.4. The molecule has 1 aromatic carbocycles. The Balaban J connectivity index is 2.30. The van der Waals surface area contributed by atoms with Crippen LogP contribution in [0.5, 0.6) is 0 Å². The Hall–Kier alpha value is -1.03. The molecule has 0 spiro atoms. The number of methoxy groups -OCH3 is 1. The molecule has 4 heteroatoms. The molecule has 0 aromatic heterocycles.